The van der Waals surface area contributed by atoms with Crippen LogP contribution >= 0.6 is 34.4 Å². The molecule has 0 bridgehead atoms. The van der Waals surface area contributed by atoms with E-state index in [0.717, 1.165) is 21.3 Å². The number of thioether (sulfide) groups is 1. The maximum atomic E-state index is 10.7. The number of aromatic carboxylic acids is 1. The van der Waals surface area contributed by atoms with Gasteiger partial charge in [-0.2, -0.15) is 0 Å². The minimum Gasteiger partial charge on any atom is -0.477 e. The van der Waals surface area contributed by atoms with Crippen LogP contribution in [0, 0.1) is 6.92 Å². The molecule has 0 saturated carbocycles. The van der Waals surface area contributed by atoms with Gasteiger partial charge in [0.2, 0.25) is 0 Å². The zero-order valence-electron chi connectivity index (χ0n) is 8.47. The van der Waals surface area contributed by atoms with Gasteiger partial charge in [-0.1, -0.05) is 0 Å². The number of carboxylic acids is 1. The molecule has 0 radical (unpaired) electrons. The first-order valence-corrected chi connectivity index (χ1v) is 7.25. The van der Waals surface area contributed by atoms with E-state index < -0.39 is 5.97 Å². The Labute approximate surface area is 105 Å². The quantitative estimate of drug-likeness (QED) is 0.865. The topological polar surface area (TPSA) is 50.2 Å². The van der Waals surface area contributed by atoms with E-state index in [1.54, 1.807) is 29.2 Å². The van der Waals surface area contributed by atoms with Crippen LogP contribution in [0.5, 0.6) is 0 Å². The molecule has 16 heavy (non-hydrogen) atoms. The number of carboxylic acid groups (broad SMARTS) is 1. The van der Waals surface area contributed by atoms with E-state index in [2.05, 4.69) is 4.98 Å². The van der Waals surface area contributed by atoms with E-state index in [4.69, 9.17) is 5.11 Å². The lowest BCUT2D eigenvalue weighted by atomic mass is 10.5. The summed E-state index contributed by atoms with van der Waals surface area (Å²) in [4.78, 5) is 16.4. The summed E-state index contributed by atoms with van der Waals surface area (Å²) in [6.07, 6.45) is 0. The van der Waals surface area contributed by atoms with Gasteiger partial charge in [0.25, 0.3) is 0 Å². The Balaban J connectivity index is 1.97. The van der Waals surface area contributed by atoms with E-state index in [-0.39, 0.29) is 0 Å². The van der Waals surface area contributed by atoms with Crippen LogP contribution in [0.15, 0.2) is 21.7 Å². The first-order chi connectivity index (χ1) is 7.65. The molecule has 2 aromatic rings. The molecule has 84 valence electrons. The van der Waals surface area contributed by atoms with Gasteiger partial charge in [0.1, 0.15) is 4.88 Å². The van der Waals surface area contributed by atoms with Crippen molar-refractivity contribution in [3.8, 4) is 0 Å². The Morgan fingerprint density at radius 2 is 2.31 bits per heavy atom. The fourth-order valence-electron chi connectivity index (χ4n) is 1.14. The normalized spacial score (nSPS) is 10.6. The second-order valence-corrected chi connectivity index (χ2v) is 6.12. The van der Waals surface area contributed by atoms with Crippen LogP contribution in [0.3, 0.4) is 0 Å². The lowest BCUT2D eigenvalue weighted by molar-refractivity contribution is 0.0702. The molecule has 0 aliphatic heterocycles. The van der Waals surface area contributed by atoms with E-state index >= 15 is 0 Å². The third-order valence-corrected chi connectivity index (χ3v) is 4.74. The Bertz CT molecular complexity index is 504. The van der Waals surface area contributed by atoms with Crippen molar-refractivity contribution in [2.45, 2.75) is 17.6 Å². The number of hydrogen-bond donors (Lipinski definition) is 1. The predicted molar refractivity (Wildman–Crippen MR) is 67.7 cm³/mol. The number of nitrogens with zero attached hydrogens (tertiary/aromatic N) is 1. The number of carbonyl (C=O) groups is 1. The molecule has 0 unspecified atom stereocenters. The zero-order chi connectivity index (χ0) is 11.5. The largest absolute Gasteiger partial charge is 0.477 e. The number of hydrogen-bond acceptors (Lipinski definition) is 5. The highest BCUT2D eigenvalue weighted by Gasteiger charge is 2.07. The van der Waals surface area contributed by atoms with Gasteiger partial charge in [-0.25, -0.2) is 9.78 Å². The lowest BCUT2D eigenvalue weighted by Gasteiger charge is -1.93. The van der Waals surface area contributed by atoms with Crippen LogP contribution in [0.25, 0.3) is 0 Å². The molecule has 6 heteroatoms. The fraction of sp³-hybridized carbons (Fsp3) is 0.200. The van der Waals surface area contributed by atoms with Crippen molar-refractivity contribution < 1.29 is 9.90 Å². The van der Waals surface area contributed by atoms with Crippen molar-refractivity contribution >= 4 is 40.4 Å². The maximum Gasteiger partial charge on any atom is 0.345 e. The van der Waals surface area contributed by atoms with Gasteiger partial charge in [-0.05, 0) is 13.0 Å². The van der Waals surface area contributed by atoms with Crippen LogP contribution in [0.4, 0.5) is 0 Å². The van der Waals surface area contributed by atoms with Gasteiger partial charge in [0.05, 0.1) is 10.7 Å². The number of aromatic nitrogens is 1. The van der Waals surface area contributed by atoms with Gasteiger partial charge in [0.15, 0.2) is 0 Å². The fourth-order valence-corrected chi connectivity index (χ4v) is 3.62. The Morgan fingerprint density at radius 1 is 1.50 bits per heavy atom. The van der Waals surface area contributed by atoms with Gasteiger partial charge >= 0.3 is 5.97 Å². The summed E-state index contributed by atoms with van der Waals surface area (Å²) >= 11 is 4.51. The van der Waals surface area contributed by atoms with Crippen LogP contribution in [0.2, 0.25) is 0 Å². The molecule has 0 fully saturated rings. The first-order valence-electron chi connectivity index (χ1n) is 4.51. The van der Waals surface area contributed by atoms with Crippen LogP contribution < -0.4 is 0 Å². The number of rotatable bonds is 4. The first kappa shape index (κ1) is 11.6. The average Bonchev–Trinajstić information content (AvgIpc) is 2.83. The molecule has 0 aliphatic carbocycles. The molecular weight excluding hydrogens is 262 g/mol. The molecule has 2 heterocycles. The van der Waals surface area contributed by atoms with Crippen molar-refractivity contribution in [3.63, 3.8) is 0 Å². The molecule has 0 aliphatic rings. The smallest absolute Gasteiger partial charge is 0.345 e. The third-order valence-electron chi connectivity index (χ3n) is 1.84. The van der Waals surface area contributed by atoms with Crippen LogP contribution in [-0.4, -0.2) is 16.1 Å². The van der Waals surface area contributed by atoms with Crippen molar-refractivity contribution in [1.82, 2.24) is 4.98 Å². The summed E-state index contributed by atoms with van der Waals surface area (Å²) in [5.41, 5.74) is 1.05. The van der Waals surface area contributed by atoms with E-state index in [1.807, 2.05) is 17.7 Å². The van der Waals surface area contributed by atoms with Crippen molar-refractivity contribution in [3.05, 3.63) is 32.4 Å². The number of thiazole rings is 1. The van der Waals surface area contributed by atoms with Crippen LogP contribution in [0.1, 0.15) is 20.4 Å². The zero-order valence-corrected chi connectivity index (χ0v) is 10.9. The highest BCUT2D eigenvalue weighted by Crippen LogP contribution is 2.28. The molecule has 0 amide bonds. The average molecular weight is 271 g/mol. The summed E-state index contributed by atoms with van der Waals surface area (Å²) in [6, 6.07) is 1.71. The van der Waals surface area contributed by atoms with E-state index in [1.165, 1.54) is 11.3 Å². The molecule has 3 nitrogen and oxygen atoms in total. The van der Waals surface area contributed by atoms with Crippen LogP contribution in [-0.2, 0) is 5.75 Å². The summed E-state index contributed by atoms with van der Waals surface area (Å²) < 4.78 is 0. The highest BCUT2D eigenvalue weighted by atomic mass is 32.2. The Kier molecular flexibility index (Phi) is 3.63. The standard InChI is InChI=1S/C10H9NO2S3/c1-6-11-7(3-14-6)4-15-8-2-9(10(12)13)16-5-8/h2-3,5H,4H2,1H3,(H,12,13). The van der Waals surface area contributed by atoms with Gasteiger partial charge in [-0.3, -0.25) is 0 Å². The highest BCUT2D eigenvalue weighted by molar-refractivity contribution is 7.98. The molecular formula is C10H9NO2S3. The minimum atomic E-state index is -0.860. The summed E-state index contributed by atoms with van der Waals surface area (Å²) in [6.45, 7) is 1.98. The molecule has 0 saturated heterocycles. The second kappa shape index (κ2) is 4.99. The lowest BCUT2D eigenvalue weighted by Crippen LogP contribution is -1.89. The monoisotopic (exact) mass is 271 g/mol. The summed E-state index contributed by atoms with van der Waals surface area (Å²) in [5.74, 6) is -0.0681. The molecule has 1 N–H and O–H groups in total. The van der Waals surface area contributed by atoms with Gasteiger partial charge < -0.3 is 5.11 Å². The predicted octanol–water partition coefficient (Wildman–Crippen LogP) is 3.50. The van der Waals surface area contributed by atoms with E-state index in [0.29, 0.717) is 4.88 Å². The second-order valence-electron chi connectivity index (χ2n) is 3.10. The Hall–Kier alpha value is -0.850. The van der Waals surface area contributed by atoms with Crippen molar-refractivity contribution in [1.29, 1.82) is 0 Å². The molecule has 0 aromatic carbocycles. The SMILES string of the molecule is Cc1nc(CSc2csc(C(=O)O)c2)cs1. The molecule has 2 aromatic heterocycles. The van der Waals surface area contributed by atoms with Gasteiger partial charge in [0, 0.05) is 21.4 Å². The van der Waals surface area contributed by atoms with Crippen molar-refractivity contribution in [2.24, 2.45) is 0 Å². The third kappa shape index (κ3) is 2.84. The molecule has 2 rings (SSSR count). The van der Waals surface area contributed by atoms with Gasteiger partial charge in [-0.15, -0.1) is 34.4 Å². The summed E-state index contributed by atoms with van der Waals surface area (Å²) in [7, 11) is 0. The molecule has 0 spiro atoms. The number of aryl methyl sites for hydroxylation is 1. The van der Waals surface area contributed by atoms with E-state index in [9.17, 15) is 4.79 Å². The number of thiophene rings is 1. The van der Waals surface area contributed by atoms with Crippen molar-refractivity contribution in [2.75, 3.05) is 0 Å². The summed E-state index contributed by atoms with van der Waals surface area (Å²) in [5, 5.41) is 13.7. The Morgan fingerprint density at radius 3 is 2.88 bits per heavy atom. The maximum absolute atomic E-state index is 10.7. The molecule has 0 atom stereocenters. The minimum absolute atomic E-state index is 0.386.